The molecular formula is C13H30N2. The van der Waals surface area contributed by atoms with Crippen LogP contribution in [0.15, 0.2) is 0 Å². The molecule has 0 aromatic heterocycles. The van der Waals surface area contributed by atoms with Crippen LogP contribution in [0.2, 0.25) is 0 Å². The number of likely N-dealkylation sites (tertiary alicyclic amines) is 1. The maximum absolute atomic E-state index is 3.61. The van der Waals surface area contributed by atoms with Crippen LogP contribution in [0, 0.1) is 5.92 Å². The third kappa shape index (κ3) is 4.98. The first-order valence-corrected chi connectivity index (χ1v) is 6.78. The SMILES string of the molecule is CC.CC.CN1CCC2CCCNC2C1. The molecule has 2 aliphatic rings. The van der Waals surface area contributed by atoms with Crippen molar-refractivity contribution in [3.8, 4) is 0 Å². The van der Waals surface area contributed by atoms with Crippen molar-refractivity contribution in [2.75, 3.05) is 26.7 Å². The lowest BCUT2D eigenvalue weighted by molar-refractivity contribution is 0.138. The maximum atomic E-state index is 3.61. The van der Waals surface area contributed by atoms with Gasteiger partial charge in [0.25, 0.3) is 0 Å². The van der Waals surface area contributed by atoms with E-state index in [0.717, 1.165) is 12.0 Å². The lowest BCUT2D eigenvalue weighted by Gasteiger charge is -2.40. The molecule has 0 aliphatic carbocycles. The second-order valence-electron chi connectivity index (χ2n) is 4.01. The summed E-state index contributed by atoms with van der Waals surface area (Å²) in [7, 11) is 2.23. The van der Waals surface area contributed by atoms with Crippen LogP contribution >= 0.6 is 0 Å². The van der Waals surface area contributed by atoms with Crippen LogP contribution in [-0.4, -0.2) is 37.6 Å². The molecule has 0 aromatic rings. The molecule has 1 N–H and O–H groups in total. The number of hydrogen-bond acceptors (Lipinski definition) is 2. The zero-order valence-corrected chi connectivity index (χ0v) is 11.3. The predicted molar refractivity (Wildman–Crippen MR) is 69.3 cm³/mol. The molecule has 2 heterocycles. The average molecular weight is 214 g/mol. The second-order valence-corrected chi connectivity index (χ2v) is 4.01. The summed E-state index contributed by atoms with van der Waals surface area (Å²) in [6.45, 7) is 11.8. The Kier molecular flexibility index (Phi) is 9.12. The highest BCUT2D eigenvalue weighted by Gasteiger charge is 2.28. The van der Waals surface area contributed by atoms with Crippen LogP contribution < -0.4 is 5.32 Å². The van der Waals surface area contributed by atoms with E-state index in [9.17, 15) is 0 Å². The van der Waals surface area contributed by atoms with E-state index < -0.39 is 0 Å². The van der Waals surface area contributed by atoms with Crippen LogP contribution in [0.1, 0.15) is 47.0 Å². The molecule has 0 saturated carbocycles. The first-order valence-electron chi connectivity index (χ1n) is 6.78. The van der Waals surface area contributed by atoms with Crippen molar-refractivity contribution in [3.63, 3.8) is 0 Å². The van der Waals surface area contributed by atoms with Gasteiger partial charge in [-0.05, 0) is 45.3 Å². The molecule has 2 atom stereocenters. The normalized spacial score (nSPS) is 30.2. The topological polar surface area (TPSA) is 15.3 Å². The largest absolute Gasteiger partial charge is 0.312 e. The number of hydrogen-bond donors (Lipinski definition) is 1. The van der Waals surface area contributed by atoms with Crippen molar-refractivity contribution in [1.82, 2.24) is 10.2 Å². The van der Waals surface area contributed by atoms with Crippen LogP contribution in [0.5, 0.6) is 0 Å². The molecule has 0 spiro atoms. The van der Waals surface area contributed by atoms with E-state index in [2.05, 4.69) is 17.3 Å². The van der Waals surface area contributed by atoms with Crippen molar-refractivity contribution in [2.45, 2.75) is 53.0 Å². The van der Waals surface area contributed by atoms with Gasteiger partial charge in [-0.25, -0.2) is 0 Å². The Morgan fingerprint density at radius 1 is 1.07 bits per heavy atom. The van der Waals surface area contributed by atoms with Gasteiger partial charge >= 0.3 is 0 Å². The highest BCUT2D eigenvalue weighted by Crippen LogP contribution is 2.24. The molecule has 0 aromatic carbocycles. The van der Waals surface area contributed by atoms with Crippen molar-refractivity contribution < 1.29 is 0 Å². The monoisotopic (exact) mass is 214 g/mol. The van der Waals surface area contributed by atoms with E-state index >= 15 is 0 Å². The minimum atomic E-state index is 0.808. The van der Waals surface area contributed by atoms with E-state index in [-0.39, 0.29) is 0 Å². The van der Waals surface area contributed by atoms with E-state index in [0.29, 0.717) is 0 Å². The van der Waals surface area contributed by atoms with Crippen molar-refractivity contribution in [2.24, 2.45) is 5.92 Å². The summed E-state index contributed by atoms with van der Waals surface area (Å²) in [5.74, 6) is 0.986. The van der Waals surface area contributed by atoms with Crippen molar-refractivity contribution in [1.29, 1.82) is 0 Å². The Morgan fingerprint density at radius 3 is 2.40 bits per heavy atom. The predicted octanol–water partition coefficient (Wildman–Crippen LogP) is 2.74. The molecule has 15 heavy (non-hydrogen) atoms. The zero-order valence-electron chi connectivity index (χ0n) is 11.3. The minimum Gasteiger partial charge on any atom is -0.312 e. The highest BCUT2D eigenvalue weighted by atomic mass is 15.1. The molecule has 2 heteroatoms. The Balaban J connectivity index is 0.000000442. The fourth-order valence-corrected chi connectivity index (χ4v) is 2.39. The molecule has 2 fully saturated rings. The van der Waals surface area contributed by atoms with Gasteiger partial charge in [0.2, 0.25) is 0 Å². The Labute approximate surface area is 96.4 Å². The van der Waals surface area contributed by atoms with Gasteiger partial charge in [-0.2, -0.15) is 0 Å². The maximum Gasteiger partial charge on any atom is 0.0223 e. The van der Waals surface area contributed by atoms with Crippen molar-refractivity contribution >= 4 is 0 Å². The number of rotatable bonds is 0. The standard InChI is InChI=1S/C9H18N2.2C2H6/c1-11-6-4-8-3-2-5-10-9(8)7-11;2*1-2/h8-10H,2-7H2,1H3;2*1-2H3. The van der Waals surface area contributed by atoms with Crippen LogP contribution in [-0.2, 0) is 0 Å². The third-order valence-corrected chi connectivity index (χ3v) is 3.12. The van der Waals surface area contributed by atoms with E-state index in [4.69, 9.17) is 0 Å². The van der Waals surface area contributed by atoms with Gasteiger partial charge in [-0.1, -0.05) is 27.7 Å². The molecule has 0 amide bonds. The first kappa shape index (κ1) is 14.9. The zero-order chi connectivity index (χ0) is 11.7. The molecule has 2 aliphatic heterocycles. The Hall–Kier alpha value is -0.0800. The quantitative estimate of drug-likeness (QED) is 0.667. The smallest absolute Gasteiger partial charge is 0.0223 e. The average Bonchev–Trinajstić information content (AvgIpc) is 2.34. The number of nitrogens with one attached hydrogen (secondary N) is 1. The van der Waals surface area contributed by atoms with E-state index in [1.807, 2.05) is 27.7 Å². The lowest BCUT2D eigenvalue weighted by Crippen LogP contribution is -2.52. The van der Waals surface area contributed by atoms with Gasteiger partial charge in [-0.15, -0.1) is 0 Å². The summed E-state index contributed by atoms with van der Waals surface area (Å²) in [6, 6.07) is 0.808. The Bertz CT molecular complexity index is 136. The summed E-state index contributed by atoms with van der Waals surface area (Å²) in [4.78, 5) is 2.44. The van der Waals surface area contributed by atoms with Crippen molar-refractivity contribution in [3.05, 3.63) is 0 Å². The minimum absolute atomic E-state index is 0.808. The molecule has 2 rings (SSSR count). The van der Waals surface area contributed by atoms with Gasteiger partial charge in [0, 0.05) is 12.6 Å². The highest BCUT2D eigenvalue weighted by molar-refractivity contribution is 4.87. The lowest BCUT2D eigenvalue weighted by atomic mass is 9.85. The summed E-state index contributed by atoms with van der Waals surface area (Å²) in [6.07, 6.45) is 4.27. The first-order chi connectivity index (χ1) is 7.36. The van der Waals surface area contributed by atoms with Crippen LogP contribution in [0.4, 0.5) is 0 Å². The van der Waals surface area contributed by atoms with E-state index in [1.165, 1.54) is 38.9 Å². The molecular weight excluding hydrogens is 184 g/mol. The summed E-state index contributed by atoms with van der Waals surface area (Å²) in [5.41, 5.74) is 0. The molecule has 0 radical (unpaired) electrons. The summed E-state index contributed by atoms with van der Waals surface area (Å²) < 4.78 is 0. The molecule has 0 bridgehead atoms. The van der Waals surface area contributed by atoms with Gasteiger partial charge in [-0.3, -0.25) is 0 Å². The van der Waals surface area contributed by atoms with E-state index in [1.54, 1.807) is 0 Å². The van der Waals surface area contributed by atoms with Crippen LogP contribution in [0.25, 0.3) is 0 Å². The van der Waals surface area contributed by atoms with Gasteiger partial charge in [0.15, 0.2) is 0 Å². The second kappa shape index (κ2) is 9.17. The molecule has 92 valence electrons. The number of nitrogens with zero attached hydrogens (tertiary/aromatic N) is 1. The van der Waals surface area contributed by atoms with Gasteiger partial charge < -0.3 is 10.2 Å². The molecule has 2 nitrogen and oxygen atoms in total. The third-order valence-electron chi connectivity index (χ3n) is 3.12. The fraction of sp³-hybridized carbons (Fsp3) is 1.00. The number of piperidine rings is 2. The molecule has 2 saturated heterocycles. The Morgan fingerprint density at radius 2 is 1.73 bits per heavy atom. The fourth-order valence-electron chi connectivity index (χ4n) is 2.39. The number of likely N-dealkylation sites (N-methyl/N-ethyl adjacent to an activating group) is 1. The van der Waals surface area contributed by atoms with Gasteiger partial charge in [0.05, 0.1) is 0 Å². The van der Waals surface area contributed by atoms with Crippen LogP contribution in [0.3, 0.4) is 0 Å². The summed E-state index contributed by atoms with van der Waals surface area (Å²) >= 11 is 0. The number of fused-ring (bicyclic) bond motifs is 1. The summed E-state index contributed by atoms with van der Waals surface area (Å²) in [5, 5.41) is 3.61. The molecule has 2 unspecified atom stereocenters. The van der Waals surface area contributed by atoms with Gasteiger partial charge in [0.1, 0.15) is 0 Å².